The van der Waals surface area contributed by atoms with Gasteiger partial charge in [-0.25, -0.2) is 13.1 Å². The van der Waals surface area contributed by atoms with Crippen molar-refractivity contribution in [1.82, 2.24) is 4.72 Å². The van der Waals surface area contributed by atoms with Crippen LogP contribution in [0.15, 0.2) is 16.8 Å². The molecule has 0 saturated carbocycles. The molecule has 0 aliphatic rings. The molecule has 1 atom stereocenters. The van der Waals surface area contributed by atoms with Crippen LogP contribution in [0.4, 0.5) is 0 Å². The lowest BCUT2D eigenvalue weighted by Gasteiger charge is -2.12. The second-order valence-corrected chi connectivity index (χ2v) is 6.37. The van der Waals surface area contributed by atoms with Gasteiger partial charge in [0.25, 0.3) is 0 Å². The van der Waals surface area contributed by atoms with E-state index in [1.807, 2.05) is 16.8 Å². The van der Waals surface area contributed by atoms with Gasteiger partial charge in [-0.05, 0) is 35.7 Å². The summed E-state index contributed by atoms with van der Waals surface area (Å²) in [4.78, 5) is 10.3. The van der Waals surface area contributed by atoms with Gasteiger partial charge < -0.3 is 5.11 Å². The first-order valence-corrected chi connectivity index (χ1v) is 7.74. The van der Waals surface area contributed by atoms with Crippen LogP contribution in [0.3, 0.4) is 0 Å². The van der Waals surface area contributed by atoms with E-state index < -0.39 is 16.0 Å². The molecule has 0 amide bonds. The van der Waals surface area contributed by atoms with Crippen molar-refractivity contribution in [3.8, 4) is 0 Å². The van der Waals surface area contributed by atoms with Crippen molar-refractivity contribution >= 4 is 27.3 Å². The maximum atomic E-state index is 11.6. The number of hydrogen-bond donors (Lipinski definition) is 2. The predicted molar refractivity (Wildman–Crippen MR) is 66.5 cm³/mol. The number of sulfonamides is 1. The highest BCUT2D eigenvalue weighted by Gasteiger charge is 2.16. The van der Waals surface area contributed by atoms with Crippen molar-refractivity contribution in [3.63, 3.8) is 0 Å². The van der Waals surface area contributed by atoms with Gasteiger partial charge in [-0.15, -0.1) is 0 Å². The van der Waals surface area contributed by atoms with Crippen molar-refractivity contribution in [3.05, 3.63) is 22.4 Å². The van der Waals surface area contributed by atoms with E-state index in [0.29, 0.717) is 0 Å². The van der Waals surface area contributed by atoms with Crippen molar-refractivity contribution in [2.75, 3.05) is 5.75 Å². The van der Waals surface area contributed by atoms with Gasteiger partial charge in [-0.3, -0.25) is 4.79 Å². The van der Waals surface area contributed by atoms with Crippen molar-refractivity contribution in [2.45, 2.75) is 25.8 Å². The summed E-state index contributed by atoms with van der Waals surface area (Å²) in [6, 6.07) is 1.57. The molecule has 5 nitrogen and oxygen atoms in total. The lowest BCUT2D eigenvalue weighted by molar-refractivity contribution is -0.137. The maximum absolute atomic E-state index is 11.6. The molecule has 1 unspecified atom stereocenters. The normalized spacial score (nSPS) is 13.5. The van der Waals surface area contributed by atoms with E-state index in [2.05, 4.69) is 4.72 Å². The minimum absolute atomic E-state index is 0.126. The molecule has 96 valence electrons. The topological polar surface area (TPSA) is 83.5 Å². The molecule has 0 saturated heterocycles. The Hall–Kier alpha value is -0.920. The van der Waals surface area contributed by atoms with E-state index in [0.717, 1.165) is 5.56 Å². The monoisotopic (exact) mass is 277 g/mol. The Labute approximate surface area is 105 Å². The van der Waals surface area contributed by atoms with E-state index in [1.54, 1.807) is 6.92 Å². The van der Waals surface area contributed by atoms with Gasteiger partial charge in [0.05, 0.1) is 5.75 Å². The van der Waals surface area contributed by atoms with Gasteiger partial charge in [0.1, 0.15) is 0 Å². The van der Waals surface area contributed by atoms with Crippen LogP contribution in [0, 0.1) is 0 Å². The number of aliphatic carboxylic acids is 1. The summed E-state index contributed by atoms with van der Waals surface area (Å²) in [6.45, 7) is 1.76. The van der Waals surface area contributed by atoms with Crippen LogP contribution in [-0.4, -0.2) is 25.2 Å². The van der Waals surface area contributed by atoms with E-state index in [-0.39, 0.29) is 24.6 Å². The molecule has 0 fully saturated rings. The van der Waals surface area contributed by atoms with Crippen LogP contribution in [0.2, 0.25) is 0 Å². The van der Waals surface area contributed by atoms with E-state index in [9.17, 15) is 13.2 Å². The van der Waals surface area contributed by atoms with E-state index in [1.165, 1.54) is 11.3 Å². The molecule has 1 aromatic heterocycles. The molecule has 17 heavy (non-hydrogen) atoms. The molecule has 2 N–H and O–H groups in total. The second-order valence-electron chi connectivity index (χ2n) is 3.71. The first-order chi connectivity index (χ1) is 7.91. The van der Waals surface area contributed by atoms with Crippen LogP contribution >= 0.6 is 11.3 Å². The van der Waals surface area contributed by atoms with Gasteiger partial charge >= 0.3 is 5.97 Å². The van der Waals surface area contributed by atoms with Crippen LogP contribution in [0.1, 0.15) is 31.4 Å². The summed E-state index contributed by atoms with van der Waals surface area (Å²) in [7, 11) is -3.41. The molecule has 1 aromatic rings. The van der Waals surface area contributed by atoms with Crippen LogP contribution in [0.5, 0.6) is 0 Å². The molecule has 0 aliphatic carbocycles. The molecule has 0 spiro atoms. The second kappa shape index (κ2) is 6.13. The summed E-state index contributed by atoms with van der Waals surface area (Å²) in [6.07, 6.45) is -0.00519. The number of hydrogen-bond acceptors (Lipinski definition) is 4. The summed E-state index contributed by atoms with van der Waals surface area (Å²) < 4.78 is 25.8. The highest BCUT2D eigenvalue weighted by molar-refractivity contribution is 7.89. The van der Waals surface area contributed by atoms with Gasteiger partial charge in [-0.1, -0.05) is 0 Å². The smallest absolute Gasteiger partial charge is 0.303 e. The molecule has 0 aromatic carbocycles. The number of thiophene rings is 1. The van der Waals surface area contributed by atoms with E-state index in [4.69, 9.17) is 5.11 Å². The predicted octanol–water partition coefficient (Wildman–Crippen LogP) is 1.59. The summed E-state index contributed by atoms with van der Waals surface area (Å²) in [5.41, 5.74) is 0.914. The summed E-state index contributed by atoms with van der Waals surface area (Å²) >= 11 is 1.50. The summed E-state index contributed by atoms with van der Waals surface area (Å²) in [5.74, 6) is -1.14. The standard InChI is InChI=1S/C10H15NO4S2/c1-8(9-4-5-16-7-9)11-17(14,15)6-2-3-10(12)13/h4-5,7-8,11H,2-3,6H2,1H3,(H,12,13). The van der Waals surface area contributed by atoms with Crippen LogP contribution < -0.4 is 4.72 Å². The highest BCUT2D eigenvalue weighted by atomic mass is 32.2. The van der Waals surface area contributed by atoms with Gasteiger partial charge in [0, 0.05) is 12.5 Å². The Kier molecular flexibility index (Phi) is 5.10. The minimum atomic E-state index is -3.41. The zero-order valence-electron chi connectivity index (χ0n) is 9.42. The average Bonchev–Trinajstić information content (AvgIpc) is 2.68. The molecule has 1 rings (SSSR count). The SMILES string of the molecule is CC(NS(=O)(=O)CCCC(=O)O)c1ccsc1. The van der Waals surface area contributed by atoms with Crippen molar-refractivity contribution in [1.29, 1.82) is 0 Å². The lowest BCUT2D eigenvalue weighted by atomic mass is 10.2. The van der Waals surface area contributed by atoms with Gasteiger partial charge in [0.15, 0.2) is 0 Å². The fraction of sp³-hybridized carbons (Fsp3) is 0.500. The Morgan fingerprint density at radius 1 is 1.59 bits per heavy atom. The Balaban J connectivity index is 2.46. The first-order valence-electron chi connectivity index (χ1n) is 5.14. The number of carboxylic acid groups (broad SMARTS) is 1. The Bertz CT molecular complexity index is 453. The first kappa shape index (κ1) is 14.1. The quantitative estimate of drug-likeness (QED) is 0.793. The van der Waals surface area contributed by atoms with Gasteiger partial charge in [-0.2, -0.15) is 11.3 Å². The number of rotatable bonds is 7. The largest absolute Gasteiger partial charge is 0.481 e. The third-order valence-electron chi connectivity index (χ3n) is 2.20. The Morgan fingerprint density at radius 3 is 2.82 bits per heavy atom. The van der Waals surface area contributed by atoms with Crippen molar-refractivity contribution in [2.24, 2.45) is 0 Å². The maximum Gasteiger partial charge on any atom is 0.303 e. The zero-order chi connectivity index (χ0) is 12.9. The average molecular weight is 277 g/mol. The molecule has 7 heteroatoms. The lowest BCUT2D eigenvalue weighted by Crippen LogP contribution is -2.29. The van der Waals surface area contributed by atoms with Gasteiger partial charge in [0.2, 0.25) is 10.0 Å². The third kappa shape index (κ3) is 5.29. The minimum Gasteiger partial charge on any atom is -0.481 e. The number of carboxylic acids is 1. The fourth-order valence-electron chi connectivity index (χ4n) is 1.33. The molecule has 0 radical (unpaired) electrons. The molecular formula is C10H15NO4S2. The molecule has 0 aliphatic heterocycles. The highest BCUT2D eigenvalue weighted by Crippen LogP contribution is 2.16. The fourth-order valence-corrected chi connectivity index (χ4v) is 3.40. The number of nitrogens with one attached hydrogen (secondary N) is 1. The number of carbonyl (C=O) groups is 1. The summed E-state index contributed by atoms with van der Waals surface area (Å²) in [5, 5.41) is 12.2. The molecule has 0 bridgehead atoms. The molecular weight excluding hydrogens is 262 g/mol. The van der Waals surface area contributed by atoms with E-state index >= 15 is 0 Å². The molecule has 1 heterocycles. The Morgan fingerprint density at radius 2 is 2.29 bits per heavy atom. The van der Waals surface area contributed by atoms with Crippen LogP contribution in [-0.2, 0) is 14.8 Å². The van der Waals surface area contributed by atoms with Crippen LogP contribution in [0.25, 0.3) is 0 Å². The zero-order valence-corrected chi connectivity index (χ0v) is 11.1. The third-order valence-corrected chi connectivity index (χ3v) is 4.44. The van der Waals surface area contributed by atoms with Crippen molar-refractivity contribution < 1.29 is 18.3 Å².